The van der Waals surface area contributed by atoms with Crippen molar-refractivity contribution in [2.45, 2.75) is 6.92 Å². The smallest absolute Gasteiger partial charge is 0.275 e. The minimum absolute atomic E-state index is 0.0578. The monoisotopic (exact) mass is 245 g/mol. The third-order valence-corrected chi connectivity index (χ3v) is 2.27. The van der Waals surface area contributed by atoms with Crippen molar-refractivity contribution in [3.63, 3.8) is 0 Å². The maximum atomic E-state index is 11.7. The number of nitrogens with one attached hydrogen (secondary N) is 3. The standard InChI is InChI=1S/C12H11N3O3/c1-7(16)14-15-12(17)9-6-8-4-2-3-5-10(8)18-11(9)13/h2-6,13H,1H3,(H,14,16)(H,15,17). The molecule has 2 amide bonds. The van der Waals surface area contributed by atoms with Gasteiger partial charge in [-0.3, -0.25) is 25.8 Å². The van der Waals surface area contributed by atoms with Gasteiger partial charge in [-0.25, -0.2) is 0 Å². The molecule has 0 spiro atoms. The van der Waals surface area contributed by atoms with E-state index in [4.69, 9.17) is 9.83 Å². The van der Waals surface area contributed by atoms with Crippen molar-refractivity contribution < 1.29 is 14.0 Å². The van der Waals surface area contributed by atoms with Crippen LogP contribution in [0.5, 0.6) is 0 Å². The molecule has 2 aromatic rings. The summed E-state index contributed by atoms with van der Waals surface area (Å²) in [5, 5.41) is 8.34. The minimum Gasteiger partial charge on any atom is -0.438 e. The third-order valence-electron chi connectivity index (χ3n) is 2.27. The van der Waals surface area contributed by atoms with Crippen LogP contribution < -0.4 is 16.4 Å². The van der Waals surface area contributed by atoms with Crippen LogP contribution in [-0.4, -0.2) is 11.8 Å². The number of para-hydroxylation sites is 1. The molecule has 0 aliphatic rings. The van der Waals surface area contributed by atoms with Gasteiger partial charge in [0.2, 0.25) is 11.5 Å². The Kier molecular flexibility index (Phi) is 3.09. The van der Waals surface area contributed by atoms with Crippen molar-refractivity contribution in [3.8, 4) is 0 Å². The second-order valence-corrected chi connectivity index (χ2v) is 3.66. The Hall–Kier alpha value is -2.63. The summed E-state index contributed by atoms with van der Waals surface area (Å²) in [6.45, 7) is 1.27. The molecule has 6 heteroatoms. The molecule has 3 N–H and O–H groups in total. The van der Waals surface area contributed by atoms with Gasteiger partial charge in [-0.2, -0.15) is 0 Å². The van der Waals surface area contributed by atoms with Crippen LogP contribution in [-0.2, 0) is 4.79 Å². The molecular weight excluding hydrogens is 234 g/mol. The summed E-state index contributed by atoms with van der Waals surface area (Å²) in [7, 11) is 0. The molecular formula is C12H11N3O3. The quantitative estimate of drug-likeness (QED) is 0.645. The van der Waals surface area contributed by atoms with E-state index < -0.39 is 11.8 Å². The molecule has 1 heterocycles. The van der Waals surface area contributed by atoms with E-state index in [2.05, 4.69) is 10.9 Å². The van der Waals surface area contributed by atoms with E-state index in [1.54, 1.807) is 24.3 Å². The first-order valence-corrected chi connectivity index (χ1v) is 5.22. The SMILES string of the molecule is CC(=O)NNC(=O)c1cc2ccccc2oc1=N. The first-order valence-electron chi connectivity index (χ1n) is 5.22. The average Bonchev–Trinajstić information content (AvgIpc) is 2.35. The summed E-state index contributed by atoms with van der Waals surface area (Å²) in [4.78, 5) is 22.4. The molecule has 0 radical (unpaired) electrons. The van der Waals surface area contributed by atoms with Gasteiger partial charge in [0, 0.05) is 12.3 Å². The zero-order valence-corrected chi connectivity index (χ0v) is 9.61. The normalized spacial score (nSPS) is 10.1. The number of carbonyl (C=O) groups is 2. The zero-order valence-electron chi connectivity index (χ0n) is 9.61. The van der Waals surface area contributed by atoms with Crippen LogP contribution in [0.25, 0.3) is 11.0 Å². The topological polar surface area (TPSA) is 95.2 Å². The highest BCUT2D eigenvalue weighted by Gasteiger charge is 2.11. The number of fused-ring (bicyclic) bond motifs is 1. The molecule has 0 aliphatic heterocycles. The molecule has 0 fully saturated rings. The summed E-state index contributed by atoms with van der Waals surface area (Å²) in [5.41, 5.74) is 4.67. The summed E-state index contributed by atoms with van der Waals surface area (Å²) >= 11 is 0. The van der Waals surface area contributed by atoms with Gasteiger partial charge in [-0.05, 0) is 12.1 Å². The number of carbonyl (C=O) groups excluding carboxylic acids is 2. The van der Waals surface area contributed by atoms with E-state index in [-0.39, 0.29) is 11.1 Å². The molecule has 0 saturated heterocycles. The molecule has 0 bridgehead atoms. The Bertz CT molecular complexity index is 676. The van der Waals surface area contributed by atoms with Crippen LogP contribution in [0.1, 0.15) is 17.3 Å². The molecule has 1 aromatic heterocycles. The Labute approximate surface area is 102 Å². The molecule has 0 unspecified atom stereocenters. The third kappa shape index (κ3) is 2.37. The summed E-state index contributed by atoms with van der Waals surface area (Å²) < 4.78 is 5.21. The van der Waals surface area contributed by atoms with E-state index >= 15 is 0 Å². The van der Waals surface area contributed by atoms with E-state index in [0.29, 0.717) is 11.0 Å². The minimum atomic E-state index is -0.593. The molecule has 0 saturated carbocycles. The van der Waals surface area contributed by atoms with Gasteiger partial charge >= 0.3 is 0 Å². The number of hydrogen-bond acceptors (Lipinski definition) is 4. The Morgan fingerprint density at radius 1 is 1.22 bits per heavy atom. The molecule has 18 heavy (non-hydrogen) atoms. The second-order valence-electron chi connectivity index (χ2n) is 3.66. The summed E-state index contributed by atoms with van der Waals surface area (Å²) in [6.07, 6.45) is 0. The average molecular weight is 245 g/mol. The van der Waals surface area contributed by atoms with E-state index in [9.17, 15) is 9.59 Å². The van der Waals surface area contributed by atoms with Crippen LogP contribution in [0.3, 0.4) is 0 Å². The fourth-order valence-electron chi connectivity index (χ4n) is 1.46. The fourth-order valence-corrected chi connectivity index (χ4v) is 1.46. The van der Waals surface area contributed by atoms with E-state index in [1.165, 1.54) is 13.0 Å². The molecule has 6 nitrogen and oxygen atoms in total. The highest BCUT2D eigenvalue weighted by atomic mass is 16.3. The lowest BCUT2D eigenvalue weighted by atomic mass is 10.2. The van der Waals surface area contributed by atoms with Gasteiger partial charge < -0.3 is 4.42 Å². The van der Waals surface area contributed by atoms with Crippen molar-refractivity contribution in [1.29, 1.82) is 5.41 Å². The maximum absolute atomic E-state index is 11.7. The van der Waals surface area contributed by atoms with E-state index in [1.807, 2.05) is 0 Å². The van der Waals surface area contributed by atoms with Crippen molar-refractivity contribution >= 4 is 22.8 Å². The Morgan fingerprint density at radius 2 is 1.94 bits per heavy atom. The maximum Gasteiger partial charge on any atom is 0.275 e. The van der Waals surface area contributed by atoms with Crippen LogP contribution in [0.4, 0.5) is 0 Å². The lowest BCUT2D eigenvalue weighted by Gasteiger charge is -2.05. The van der Waals surface area contributed by atoms with Gasteiger partial charge in [-0.1, -0.05) is 18.2 Å². The van der Waals surface area contributed by atoms with Gasteiger partial charge in [-0.15, -0.1) is 0 Å². The number of amides is 2. The number of hydrazine groups is 1. The molecule has 2 rings (SSSR count). The van der Waals surface area contributed by atoms with Crippen LogP contribution in [0.2, 0.25) is 0 Å². The second kappa shape index (κ2) is 4.70. The van der Waals surface area contributed by atoms with Gasteiger partial charge in [0.15, 0.2) is 0 Å². The fraction of sp³-hybridized carbons (Fsp3) is 0.0833. The Morgan fingerprint density at radius 3 is 2.67 bits per heavy atom. The van der Waals surface area contributed by atoms with Crippen molar-refractivity contribution in [2.24, 2.45) is 0 Å². The molecule has 1 aromatic carbocycles. The molecule has 92 valence electrons. The summed E-state index contributed by atoms with van der Waals surface area (Å²) in [6, 6.07) is 8.61. The lowest BCUT2D eigenvalue weighted by molar-refractivity contribution is -0.119. The predicted octanol–water partition coefficient (Wildman–Crippen LogP) is 0.693. The largest absolute Gasteiger partial charge is 0.438 e. The highest BCUT2D eigenvalue weighted by Crippen LogP contribution is 2.12. The Balaban J connectivity index is 2.38. The number of hydrogen-bond donors (Lipinski definition) is 3. The van der Waals surface area contributed by atoms with Crippen molar-refractivity contribution in [1.82, 2.24) is 10.9 Å². The van der Waals surface area contributed by atoms with Crippen LogP contribution >= 0.6 is 0 Å². The van der Waals surface area contributed by atoms with Crippen LogP contribution in [0.15, 0.2) is 34.7 Å². The van der Waals surface area contributed by atoms with Crippen LogP contribution in [0, 0.1) is 5.41 Å². The first kappa shape index (κ1) is 11.8. The van der Waals surface area contributed by atoms with Gasteiger partial charge in [0.05, 0.1) is 0 Å². The molecule has 0 atom stereocenters. The van der Waals surface area contributed by atoms with Gasteiger partial charge in [0.25, 0.3) is 5.91 Å². The summed E-state index contributed by atoms with van der Waals surface area (Å²) in [5.74, 6) is -0.989. The first-order chi connectivity index (χ1) is 8.58. The van der Waals surface area contributed by atoms with Crippen molar-refractivity contribution in [3.05, 3.63) is 41.4 Å². The van der Waals surface area contributed by atoms with Gasteiger partial charge in [0.1, 0.15) is 11.1 Å². The lowest BCUT2D eigenvalue weighted by Crippen LogP contribution is -2.41. The van der Waals surface area contributed by atoms with Crippen molar-refractivity contribution in [2.75, 3.05) is 0 Å². The number of benzene rings is 1. The highest BCUT2D eigenvalue weighted by molar-refractivity contribution is 5.97. The number of rotatable bonds is 1. The molecule has 0 aliphatic carbocycles. The predicted molar refractivity (Wildman–Crippen MR) is 63.4 cm³/mol. The van der Waals surface area contributed by atoms with E-state index in [0.717, 1.165) is 0 Å². The zero-order chi connectivity index (χ0) is 13.1.